The Kier molecular flexibility index (Phi) is 7.85. The van der Waals surface area contributed by atoms with Crippen molar-refractivity contribution in [1.82, 2.24) is 5.32 Å². The van der Waals surface area contributed by atoms with Crippen LogP contribution >= 0.6 is 0 Å². The summed E-state index contributed by atoms with van der Waals surface area (Å²) in [5.74, 6) is -1.31. The number of carbonyl (C=O) groups excluding carboxylic acids is 1. The Morgan fingerprint density at radius 3 is 2.50 bits per heavy atom. The summed E-state index contributed by atoms with van der Waals surface area (Å²) in [7, 11) is 0. The van der Waals surface area contributed by atoms with Crippen LogP contribution in [0.5, 0.6) is 0 Å². The van der Waals surface area contributed by atoms with E-state index in [1.54, 1.807) is 0 Å². The summed E-state index contributed by atoms with van der Waals surface area (Å²) < 4.78 is 26.0. The Labute approximate surface area is 119 Å². The van der Waals surface area contributed by atoms with Crippen LogP contribution in [0, 0.1) is 11.6 Å². The van der Waals surface area contributed by atoms with Crippen molar-refractivity contribution in [3.63, 3.8) is 0 Å². The van der Waals surface area contributed by atoms with Gasteiger partial charge in [-0.15, -0.1) is 0 Å². The fourth-order valence-electron chi connectivity index (χ4n) is 2.01. The third-order valence-corrected chi connectivity index (χ3v) is 3.25. The van der Waals surface area contributed by atoms with E-state index in [-0.39, 0.29) is 12.5 Å². The summed E-state index contributed by atoms with van der Waals surface area (Å²) in [6.45, 7) is 2.28. The smallest absolute Gasteiger partial charge is 0.220 e. The summed E-state index contributed by atoms with van der Waals surface area (Å²) >= 11 is 0. The lowest BCUT2D eigenvalue weighted by atomic mass is 10.1. The quantitative estimate of drug-likeness (QED) is 0.671. The van der Waals surface area contributed by atoms with E-state index in [2.05, 4.69) is 12.2 Å². The van der Waals surface area contributed by atoms with Gasteiger partial charge in [0.25, 0.3) is 0 Å². The van der Waals surface area contributed by atoms with Crippen molar-refractivity contribution in [1.29, 1.82) is 0 Å². The van der Waals surface area contributed by atoms with Crippen LogP contribution in [0.3, 0.4) is 0 Å². The van der Waals surface area contributed by atoms with Crippen molar-refractivity contribution in [3.05, 3.63) is 35.4 Å². The van der Waals surface area contributed by atoms with Gasteiger partial charge in [-0.2, -0.15) is 0 Å². The molecule has 1 aromatic carbocycles. The molecule has 0 aliphatic carbocycles. The Hall–Kier alpha value is -1.45. The van der Waals surface area contributed by atoms with Crippen LogP contribution in [-0.4, -0.2) is 5.91 Å². The second-order valence-electron chi connectivity index (χ2n) is 5.03. The molecular weight excluding hydrogens is 260 g/mol. The van der Waals surface area contributed by atoms with Gasteiger partial charge in [0.05, 0.1) is 0 Å². The van der Waals surface area contributed by atoms with Crippen LogP contribution in [0.2, 0.25) is 0 Å². The summed E-state index contributed by atoms with van der Waals surface area (Å²) in [5.41, 5.74) is 0.308. The Morgan fingerprint density at radius 2 is 1.80 bits per heavy atom. The molecule has 0 aromatic heterocycles. The Balaban J connectivity index is 2.16. The van der Waals surface area contributed by atoms with Crippen LogP contribution in [0.4, 0.5) is 8.78 Å². The zero-order valence-electron chi connectivity index (χ0n) is 12.1. The van der Waals surface area contributed by atoms with Gasteiger partial charge in [0.2, 0.25) is 5.91 Å². The zero-order valence-corrected chi connectivity index (χ0v) is 12.1. The molecule has 0 aliphatic heterocycles. The molecule has 1 rings (SSSR count). The highest BCUT2D eigenvalue weighted by Gasteiger charge is 2.06. The number of hydrogen-bond donors (Lipinski definition) is 1. The van der Waals surface area contributed by atoms with Gasteiger partial charge >= 0.3 is 0 Å². The maximum absolute atomic E-state index is 13.3. The van der Waals surface area contributed by atoms with Gasteiger partial charge < -0.3 is 5.32 Å². The molecule has 0 saturated heterocycles. The lowest BCUT2D eigenvalue weighted by molar-refractivity contribution is -0.121. The minimum atomic E-state index is -0.620. The second kappa shape index (κ2) is 9.45. The normalized spacial score (nSPS) is 10.6. The molecule has 0 atom stereocenters. The van der Waals surface area contributed by atoms with E-state index in [0.29, 0.717) is 12.0 Å². The van der Waals surface area contributed by atoms with E-state index < -0.39 is 11.6 Å². The highest BCUT2D eigenvalue weighted by Crippen LogP contribution is 2.10. The maximum atomic E-state index is 13.3. The third-order valence-electron chi connectivity index (χ3n) is 3.25. The van der Waals surface area contributed by atoms with Gasteiger partial charge in [-0.05, 0) is 12.5 Å². The lowest BCUT2D eigenvalue weighted by Crippen LogP contribution is -2.22. The van der Waals surface area contributed by atoms with E-state index in [1.807, 2.05) is 0 Å². The van der Waals surface area contributed by atoms with E-state index in [9.17, 15) is 13.6 Å². The molecule has 0 heterocycles. The minimum absolute atomic E-state index is 0.0794. The van der Waals surface area contributed by atoms with Crippen LogP contribution in [0.15, 0.2) is 18.2 Å². The fourth-order valence-corrected chi connectivity index (χ4v) is 2.01. The molecule has 1 N–H and O–H groups in total. The molecule has 0 bridgehead atoms. The first-order valence-corrected chi connectivity index (χ1v) is 7.34. The van der Waals surface area contributed by atoms with Crippen molar-refractivity contribution in [2.75, 3.05) is 0 Å². The van der Waals surface area contributed by atoms with Crippen molar-refractivity contribution >= 4 is 5.91 Å². The molecule has 0 radical (unpaired) electrons. The first-order valence-electron chi connectivity index (χ1n) is 7.34. The van der Waals surface area contributed by atoms with Gasteiger partial charge in [-0.3, -0.25) is 4.79 Å². The highest BCUT2D eigenvalue weighted by molar-refractivity contribution is 5.75. The van der Waals surface area contributed by atoms with Crippen molar-refractivity contribution in [2.24, 2.45) is 0 Å². The molecule has 4 heteroatoms. The monoisotopic (exact) mass is 283 g/mol. The number of unbranched alkanes of at least 4 members (excludes halogenated alkanes) is 5. The fraction of sp³-hybridized carbons (Fsp3) is 0.562. The summed E-state index contributed by atoms with van der Waals surface area (Å²) in [6, 6.07) is 3.38. The van der Waals surface area contributed by atoms with Gasteiger partial charge in [0.1, 0.15) is 11.6 Å². The number of rotatable bonds is 9. The van der Waals surface area contributed by atoms with Gasteiger partial charge in [0.15, 0.2) is 0 Å². The van der Waals surface area contributed by atoms with Gasteiger partial charge in [0, 0.05) is 24.6 Å². The lowest BCUT2D eigenvalue weighted by Gasteiger charge is -2.06. The highest BCUT2D eigenvalue weighted by atomic mass is 19.1. The van der Waals surface area contributed by atoms with Crippen LogP contribution < -0.4 is 5.32 Å². The predicted octanol–water partition coefficient (Wildman–Crippen LogP) is 4.33. The largest absolute Gasteiger partial charge is 0.352 e. The molecular formula is C16H23F2NO. The number of nitrogens with one attached hydrogen (secondary N) is 1. The third kappa shape index (κ3) is 6.64. The van der Waals surface area contributed by atoms with E-state index >= 15 is 0 Å². The molecule has 1 aromatic rings. The van der Waals surface area contributed by atoms with Crippen molar-refractivity contribution in [2.45, 2.75) is 58.4 Å². The zero-order chi connectivity index (χ0) is 14.8. The average Bonchev–Trinajstić information content (AvgIpc) is 2.41. The summed E-state index contributed by atoms with van der Waals surface area (Å²) in [6.07, 6.45) is 7.22. The molecule has 112 valence electrons. The molecule has 0 unspecified atom stereocenters. The number of halogens is 2. The molecule has 2 nitrogen and oxygen atoms in total. The first kappa shape index (κ1) is 16.6. The minimum Gasteiger partial charge on any atom is -0.352 e. The SMILES string of the molecule is CCCCCCCCC(=O)NCc1ccc(F)cc1F. The average molecular weight is 283 g/mol. The Morgan fingerprint density at radius 1 is 1.10 bits per heavy atom. The predicted molar refractivity (Wildman–Crippen MR) is 76.2 cm³/mol. The second-order valence-corrected chi connectivity index (χ2v) is 5.03. The van der Waals surface area contributed by atoms with Crippen LogP contribution in [-0.2, 0) is 11.3 Å². The van der Waals surface area contributed by atoms with E-state index in [1.165, 1.54) is 31.4 Å². The molecule has 20 heavy (non-hydrogen) atoms. The number of hydrogen-bond acceptors (Lipinski definition) is 1. The summed E-state index contributed by atoms with van der Waals surface area (Å²) in [5, 5.41) is 2.66. The standard InChI is InChI=1S/C16H23F2NO/c1-2-3-4-5-6-7-8-16(20)19-12-13-9-10-14(17)11-15(13)18/h9-11H,2-8,12H2,1H3,(H,19,20). The maximum Gasteiger partial charge on any atom is 0.220 e. The molecule has 0 spiro atoms. The Bertz CT molecular complexity index is 421. The molecule has 0 fully saturated rings. The first-order chi connectivity index (χ1) is 9.63. The van der Waals surface area contributed by atoms with Crippen molar-refractivity contribution < 1.29 is 13.6 Å². The van der Waals surface area contributed by atoms with Gasteiger partial charge in [-0.1, -0.05) is 45.1 Å². The van der Waals surface area contributed by atoms with Crippen LogP contribution in [0.25, 0.3) is 0 Å². The molecule has 1 amide bonds. The topological polar surface area (TPSA) is 29.1 Å². The van der Waals surface area contributed by atoms with Crippen LogP contribution in [0.1, 0.15) is 57.4 Å². The molecule has 0 saturated carbocycles. The number of carbonyl (C=O) groups is 1. The van der Waals surface area contributed by atoms with Gasteiger partial charge in [-0.25, -0.2) is 8.78 Å². The molecule has 0 aliphatic rings. The number of amides is 1. The summed E-state index contributed by atoms with van der Waals surface area (Å²) in [4.78, 5) is 11.6. The van der Waals surface area contributed by atoms with Crippen molar-refractivity contribution in [3.8, 4) is 0 Å². The van der Waals surface area contributed by atoms with E-state index in [0.717, 1.165) is 25.3 Å². The number of benzene rings is 1. The van der Waals surface area contributed by atoms with E-state index in [4.69, 9.17) is 0 Å².